The number of ether oxygens (including phenoxy) is 1. The summed E-state index contributed by atoms with van der Waals surface area (Å²) in [6.07, 6.45) is 0. The van der Waals surface area contributed by atoms with Crippen LogP contribution in [0.3, 0.4) is 0 Å². The number of carboxylic acid groups (broad SMARTS) is 1. The summed E-state index contributed by atoms with van der Waals surface area (Å²) in [6.45, 7) is -0.480. The predicted molar refractivity (Wildman–Crippen MR) is 80.1 cm³/mol. The van der Waals surface area contributed by atoms with E-state index in [1.165, 1.54) is 0 Å². The minimum atomic E-state index is -3.35. The van der Waals surface area contributed by atoms with E-state index in [0.717, 1.165) is 7.22 Å². The third-order valence-electron chi connectivity index (χ3n) is 2.52. The fraction of sp³-hybridized carbons (Fsp3) is 0.0714. The van der Waals surface area contributed by atoms with E-state index in [9.17, 15) is 9.90 Å². The SMILES string of the molecule is O=C([O-])COc1ccc([Te](Cl)(Cl)c2ccccc2)cc1. The van der Waals surface area contributed by atoms with Crippen LogP contribution >= 0.6 is 17.9 Å². The topological polar surface area (TPSA) is 49.4 Å². The van der Waals surface area contributed by atoms with Gasteiger partial charge in [-0.3, -0.25) is 0 Å². The summed E-state index contributed by atoms with van der Waals surface area (Å²) in [5.41, 5.74) is 0. The normalized spacial score (nSPS) is 11.9. The molecule has 0 heterocycles. The molecule has 2 rings (SSSR count). The van der Waals surface area contributed by atoms with Crippen molar-refractivity contribution in [3.63, 3.8) is 0 Å². The molecule has 0 amide bonds. The number of hydrogen-bond acceptors (Lipinski definition) is 3. The second-order valence-electron chi connectivity index (χ2n) is 3.91. The maximum absolute atomic E-state index is 10.3. The van der Waals surface area contributed by atoms with Gasteiger partial charge in [-0.2, -0.15) is 0 Å². The van der Waals surface area contributed by atoms with Crippen LogP contribution in [-0.4, -0.2) is 28.5 Å². The number of hydrogen-bond donors (Lipinski definition) is 0. The Hall–Kier alpha value is -0.920. The van der Waals surface area contributed by atoms with Crippen molar-refractivity contribution in [3.05, 3.63) is 54.6 Å². The molecule has 0 aliphatic rings. The Bertz CT molecular complexity index is 585. The van der Waals surface area contributed by atoms with Crippen LogP contribution in [0.25, 0.3) is 0 Å². The van der Waals surface area contributed by atoms with Crippen molar-refractivity contribution in [2.75, 3.05) is 6.61 Å². The molecule has 2 aromatic rings. The van der Waals surface area contributed by atoms with Gasteiger partial charge in [0.2, 0.25) is 0 Å². The van der Waals surface area contributed by atoms with Crippen molar-refractivity contribution in [1.82, 2.24) is 0 Å². The van der Waals surface area contributed by atoms with Gasteiger partial charge in [-0.25, -0.2) is 0 Å². The van der Waals surface area contributed by atoms with Crippen LogP contribution in [0.1, 0.15) is 0 Å². The number of aliphatic carboxylic acids is 1. The van der Waals surface area contributed by atoms with E-state index in [1.807, 2.05) is 30.3 Å². The van der Waals surface area contributed by atoms with Crippen LogP contribution < -0.4 is 17.1 Å². The van der Waals surface area contributed by atoms with E-state index >= 15 is 0 Å². The molecule has 0 aromatic heterocycles. The van der Waals surface area contributed by atoms with E-state index in [-0.39, 0.29) is 0 Å². The zero-order chi connectivity index (χ0) is 14.6. The Morgan fingerprint density at radius 2 is 1.55 bits per heavy atom. The Balaban J connectivity index is 2.19. The predicted octanol–water partition coefficient (Wildman–Crippen LogP) is 0.849. The average molecular weight is 426 g/mol. The molecule has 106 valence electrons. The summed E-state index contributed by atoms with van der Waals surface area (Å²) in [4.78, 5) is 10.3. The molecule has 0 spiro atoms. The summed E-state index contributed by atoms with van der Waals surface area (Å²) in [6, 6.07) is 16.4. The van der Waals surface area contributed by atoms with E-state index in [2.05, 4.69) is 0 Å². The molecule has 0 N–H and O–H groups in total. The van der Waals surface area contributed by atoms with Gasteiger partial charge in [0.25, 0.3) is 0 Å². The molecule has 0 unspecified atom stereocenters. The number of rotatable bonds is 5. The summed E-state index contributed by atoms with van der Waals surface area (Å²) in [7, 11) is 13.2. The summed E-state index contributed by atoms with van der Waals surface area (Å²) in [5, 5.41) is 10.3. The average Bonchev–Trinajstić information content (AvgIpc) is 2.46. The molecule has 6 heteroatoms. The fourth-order valence-electron chi connectivity index (χ4n) is 1.58. The van der Waals surface area contributed by atoms with Gasteiger partial charge in [0.05, 0.1) is 0 Å². The number of carbonyl (C=O) groups excluding carboxylic acids is 1. The first-order chi connectivity index (χ1) is 9.50. The Morgan fingerprint density at radius 3 is 2.10 bits per heavy atom. The Morgan fingerprint density at radius 1 is 1.00 bits per heavy atom. The monoisotopic (exact) mass is 427 g/mol. The summed E-state index contributed by atoms with van der Waals surface area (Å²) in [5.74, 6) is -0.821. The second-order valence-corrected chi connectivity index (χ2v) is 16.6. The van der Waals surface area contributed by atoms with Gasteiger partial charge < -0.3 is 0 Å². The molecule has 0 atom stereocenters. The van der Waals surface area contributed by atoms with Crippen LogP contribution in [0.15, 0.2) is 54.6 Å². The molecule has 0 aliphatic carbocycles. The molecular formula is C14H11Cl2O3Te-. The Labute approximate surface area is 128 Å². The van der Waals surface area contributed by atoms with Crippen LogP contribution in [0.5, 0.6) is 5.75 Å². The maximum atomic E-state index is 10.3. The molecule has 0 bridgehead atoms. The van der Waals surface area contributed by atoms with E-state index in [4.69, 9.17) is 22.7 Å². The van der Waals surface area contributed by atoms with Gasteiger partial charge in [-0.1, -0.05) is 0 Å². The zero-order valence-corrected chi connectivity index (χ0v) is 14.1. The van der Waals surface area contributed by atoms with Crippen LogP contribution in [-0.2, 0) is 4.79 Å². The molecule has 0 aliphatic heterocycles. The standard InChI is InChI=1S/C14H12Cl2O3Te/c15-20(16,12-4-2-1-3-5-12)13-8-6-11(7-9-13)19-10-14(17)18/h1-9H,10H2,(H,17,18)/p-1. The number of carboxylic acids is 1. The van der Waals surface area contributed by atoms with E-state index in [1.54, 1.807) is 24.3 Å². The number of halogens is 2. The molecular weight excluding hydrogens is 415 g/mol. The molecule has 0 fully saturated rings. The van der Waals surface area contributed by atoms with Gasteiger partial charge >= 0.3 is 129 Å². The van der Waals surface area contributed by atoms with Gasteiger partial charge in [0.1, 0.15) is 0 Å². The quantitative estimate of drug-likeness (QED) is 0.667. The fourth-order valence-corrected chi connectivity index (χ4v) is 7.90. The first-order valence-electron chi connectivity index (χ1n) is 5.70. The first-order valence-corrected chi connectivity index (χ1v) is 13.9. The van der Waals surface area contributed by atoms with Crippen LogP contribution in [0, 0.1) is 0 Å². The minimum absolute atomic E-state index is 0.443. The van der Waals surface area contributed by atoms with Gasteiger partial charge in [0, 0.05) is 0 Å². The van der Waals surface area contributed by atoms with Crippen LogP contribution in [0.2, 0.25) is 0 Å². The number of carbonyl (C=O) groups is 1. The third kappa shape index (κ3) is 3.80. The molecule has 0 saturated heterocycles. The zero-order valence-electron chi connectivity index (χ0n) is 10.3. The molecule has 0 saturated carbocycles. The van der Waals surface area contributed by atoms with Crippen molar-refractivity contribution in [1.29, 1.82) is 0 Å². The molecule has 20 heavy (non-hydrogen) atoms. The van der Waals surface area contributed by atoms with E-state index in [0.29, 0.717) is 5.75 Å². The van der Waals surface area contributed by atoms with Crippen molar-refractivity contribution >= 4 is 47.1 Å². The van der Waals surface area contributed by atoms with Gasteiger partial charge in [-0.05, 0) is 0 Å². The van der Waals surface area contributed by atoms with Crippen molar-refractivity contribution in [2.24, 2.45) is 0 Å². The molecule has 3 nitrogen and oxygen atoms in total. The first kappa shape index (κ1) is 15.5. The molecule has 2 aromatic carbocycles. The van der Waals surface area contributed by atoms with Crippen molar-refractivity contribution in [3.8, 4) is 5.75 Å². The van der Waals surface area contributed by atoms with Gasteiger partial charge in [0.15, 0.2) is 0 Å². The van der Waals surface area contributed by atoms with Crippen LogP contribution in [0.4, 0.5) is 0 Å². The van der Waals surface area contributed by atoms with Crippen molar-refractivity contribution < 1.29 is 14.6 Å². The number of benzene rings is 2. The summed E-state index contributed by atoms with van der Waals surface area (Å²) < 4.78 is 6.82. The third-order valence-corrected chi connectivity index (χ3v) is 12.2. The summed E-state index contributed by atoms with van der Waals surface area (Å²) >= 11 is -3.35. The second kappa shape index (κ2) is 6.69. The van der Waals surface area contributed by atoms with Crippen molar-refractivity contribution in [2.45, 2.75) is 0 Å². The van der Waals surface area contributed by atoms with Gasteiger partial charge in [-0.15, -0.1) is 0 Å². The van der Waals surface area contributed by atoms with E-state index < -0.39 is 28.5 Å². The Kier molecular flexibility index (Phi) is 5.17. The molecule has 0 radical (unpaired) electrons.